The Morgan fingerprint density at radius 3 is 0.940 bits per heavy atom. The molecule has 0 amide bonds. The van der Waals surface area contributed by atoms with Gasteiger partial charge in [0.1, 0.15) is 0 Å². The molecule has 149 heavy (non-hydrogen) atoms. The summed E-state index contributed by atoms with van der Waals surface area (Å²) in [5.74, 6) is -0.151. The molecule has 1 atom stereocenters. The number of ketones is 1. The van der Waals surface area contributed by atoms with E-state index in [2.05, 4.69) is 420 Å². The largest absolute Gasteiger partial charge is 0.309 e. The van der Waals surface area contributed by atoms with E-state index in [-0.39, 0.29) is 22.8 Å². The first-order chi connectivity index (χ1) is 73.7. The number of aromatic nitrogens is 9. The van der Waals surface area contributed by atoms with Crippen LogP contribution in [0, 0.1) is 0 Å². The molecule has 30 aromatic rings. The number of benzene rings is 21. The molecule has 0 saturated heterocycles. The van der Waals surface area contributed by atoms with Gasteiger partial charge in [-0.3, -0.25) is 23.5 Å². The number of para-hydroxylation sites is 10. The van der Waals surface area contributed by atoms with Gasteiger partial charge in [-0.1, -0.05) is 309 Å². The van der Waals surface area contributed by atoms with Crippen LogP contribution >= 0.6 is 0 Å². The van der Waals surface area contributed by atoms with Crippen LogP contribution in [0.4, 0.5) is 0 Å². The number of carbonyl (C=O) groups excluding carboxylic acids is 1. The summed E-state index contributed by atoms with van der Waals surface area (Å²) in [6, 6.07) is 177. The van der Waals surface area contributed by atoms with Gasteiger partial charge >= 0.3 is 0 Å². The molecule has 0 radical (unpaired) electrons. The molecule has 0 aliphatic heterocycles. The Labute approximate surface area is 852 Å². The average Bonchev–Trinajstić information content (AvgIpc) is 1.37. The number of hydrogen-bond acceptors (Lipinski definition) is 3. The van der Waals surface area contributed by atoms with Crippen LogP contribution in [0.5, 0.6) is 0 Å². The van der Waals surface area contributed by atoms with Crippen molar-refractivity contribution in [2.24, 2.45) is 0 Å². The van der Waals surface area contributed by atoms with E-state index in [0.29, 0.717) is 17.2 Å². The number of Topliss-reactive ketones (excluding diaryl/α,β-unsaturated/α-hetero) is 1. The molecule has 12 nitrogen and oxygen atoms in total. The third-order valence-electron chi connectivity index (χ3n) is 31.7. The maximum Gasteiger partial charge on any atom is 0.263 e. The lowest BCUT2D eigenvalue weighted by Crippen LogP contribution is -2.19. The van der Waals surface area contributed by atoms with Crippen molar-refractivity contribution >= 4 is 169 Å². The van der Waals surface area contributed by atoms with E-state index in [0.717, 1.165) is 249 Å². The van der Waals surface area contributed by atoms with E-state index in [1.54, 1.807) is 0 Å². The summed E-state index contributed by atoms with van der Waals surface area (Å²) in [4.78, 5) is 46.0. The maximum absolute atomic E-state index is 15.7. The van der Waals surface area contributed by atoms with Crippen LogP contribution in [0.1, 0.15) is 33.8 Å². The van der Waals surface area contributed by atoms with E-state index < -0.39 is 0 Å². The topological polar surface area (TPSA) is 95.6 Å². The Morgan fingerprint density at radius 1 is 0.161 bits per heavy atom. The Morgan fingerprint density at radius 2 is 0.450 bits per heavy atom. The molecule has 9 heterocycles. The van der Waals surface area contributed by atoms with Gasteiger partial charge in [0.05, 0.1) is 106 Å². The number of hydrogen-bond donors (Lipinski definition) is 0. The molecule has 1 unspecified atom stereocenters. The molecule has 21 aromatic carbocycles. The highest BCUT2D eigenvalue weighted by molar-refractivity contribution is 6.22. The normalized spacial score (nSPS) is 12.9. The van der Waals surface area contributed by atoms with Crippen molar-refractivity contribution in [2.75, 3.05) is 0 Å². The van der Waals surface area contributed by atoms with Gasteiger partial charge in [0.25, 0.3) is 11.1 Å². The lowest BCUT2D eigenvalue weighted by atomic mass is 9.85. The maximum atomic E-state index is 15.7. The van der Waals surface area contributed by atoms with E-state index in [1.165, 1.54) is 16.2 Å². The molecule has 1 aliphatic rings. The minimum Gasteiger partial charge on any atom is -0.309 e. The van der Waals surface area contributed by atoms with Gasteiger partial charge in [-0.25, -0.2) is 0 Å². The summed E-state index contributed by atoms with van der Waals surface area (Å²) in [5.41, 5.74) is 34.9. The molecule has 0 saturated carbocycles. The second-order valence-corrected chi connectivity index (χ2v) is 39.6. The van der Waals surface area contributed by atoms with E-state index >= 15 is 14.4 Å². The molecule has 0 N–H and O–H groups in total. The molecule has 9 aromatic heterocycles. The highest BCUT2D eigenvalue weighted by Crippen LogP contribution is 2.52. The van der Waals surface area contributed by atoms with Crippen LogP contribution in [0.3, 0.4) is 0 Å². The molecule has 31 rings (SSSR count). The summed E-state index contributed by atoms with van der Waals surface area (Å²) >= 11 is 0. The van der Waals surface area contributed by atoms with Gasteiger partial charge in [0.15, 0.2) is 5.78 Å². The summed E-state index contributed by atoms with van der Waals surface area (Å²) in [5, 5.41) is 15.1. The fourth-order valence-electron chi connectivity index (χ4n) is 25.3. The third kappa shape index (κ3) is 12.5. The SMILES string of the molecule is O=C1CC(c2ccc(-c3ccc(-n4c5ccc(-c6ccc7c(c6)c6ccc(-c8ccc9c(c8)c8ccccc8n9-c8cc(-n9c%10ccccc%10c%10ccccc%109)cc(-n9c%10ccccc%10c%10c9c9ccccc9c(=O)n%10-c9ccccc9)c8)cc6n7-c6ccccc6)cc5c5c4c4ccccc4c(=O)n5-c4ccccc4)cc3)cc2)c2c(n(-c3ccc4c(c3)c3ccccc3n4-c3ccccc3)c3ccccc23)-c2ccccc21. The molecule has 696 valence electrons. The quantitative estimate of drug-likeness (QED) is 0.115. The zero-order chi connectivity index (χ0) is 98.1. The van der Waals surface area contributed by atoms with Gasteiger partial charge in [-0.15, -0.1) is 0 Å². The molecule has 0 spiro atoms. The Bertz CT molecular complexity index is 11100. The van der Waals surface area contributed by atoms with Crippen LogP contribution in [0.25, 0.3) is 259 Å². The summed E-state index contributed by atoms with van der Waals surface area (Å²) < 4.78 is 20.6. The first-order valence-corrected chi connectivity index (χ1v) is 50.9. The zero-order valence-electron chi connectivity index (χ0n) is 80.4. The molecule has 0 fully saturated rings. The van der Waals surface area contributed by atoms with E-state index in [1.807, 2.05) is 118 Å². The number of fused-ring (bicyclic) bond motifs is 27. The van der Waals surface area contributed by atoms with Crippen molar-refractivity contribution < 1.29 is 4.79 Å². The number of pyridine rings is 2. The average molecular weight is 1910 g/mol. The lowest BCUT2D eigenvalue weighted by Gasteiger charge is -2.18. The van der Waals surface area contributed by atoms with Gasteiger partial charge in [0, 0.05) is 138 Å². The van der Waals surface area contributed by atoms with Crippen LogP contribution in [0.2, 0.25) is 0 Å². The lowest BCUT2D eigenvalue weighted by molar-refractivity contribution is 0.0979. The monoisotopic (exact) mass is 1900 g/mol. The standard InChI is InChI=1S/C137H85N9O3/c147-129-83-113(130-111-49-23-29-55-122(111)143(131(130)106-44-14-13-43-105(106)129)96-69-74-126-116(82-96)103-42-22-27-53-120(103)138(126)91-31-5-1-6-32-91)86-59-57-84(58-60-86)85-61-67-95(68-62-85)142-127-73-66-89(77-117(127)135-133(142)108-46-16-18-48-110(108)137(149)146(135)94-37-11-4-12-38-94)87-64-71-124-115(75-87)104-70-63-90(78-128(104)139(124)92-33-7-2-8-34-92)88-65-72-125-114(76-88)102-41-21-28-54-121(102)141(125)98-79-97(140-118-51-25-19-39-100(118)101-40-20-26-52-119(101)140)80-99(81-98)144-123-56-30-24-50-112(123)134-132(144)107-45-15-17-47-109(107)136(148)145(134)93-35-9-3-10-36-93/h1-82,113H,83H2. The number of carbonyl (C=O) groups is 1. The summed E-state index contributed by atoms with van der Waals surface area (Å²) in [7, 11) is 0. The highest BCUT2D eigenvalue weighted by Gasteiger charge is 2.36. The Balaban J connectivity index is 0.525. The second-order valence-electron chi connectivity index (χ2n) is 39.6. The minimum absolute atomic E-state index is 0.0707. The van der Waals surface area contributed by atoms with Crippen LogP contribution < -0.4 is 11.1 Å². The summed E-state index contributed by atoms with van der Waals surface area (Å²) in [6.07, 6.45) is 0.307. The van der Waals surface area contributed by atoms with Crippen molar-refractivity contribution in [2.45, 2.75) is 12.3 Å². The van der Waals surface area contributed by atoms with Crippen molar-refractivity contribution in [1.29, 1.82) is 0 Å². The van der Waals surface area contributed by atoms with Crippen molar-refractivity contribution in [1.82, 2.24) is 41.1 Å². The first kappa shape index (κ1) is 83.6. The Hall–Kier alpha value is -20.0. The van der Waals surface area contributed by atoms with Gasteiger partial charge in [-0.2, -0.15) is 0 Å². The van der Waals surface area contributed by atoms with Crippen molar-refractivity contribution in [3.63, 3.8) is 0 Å². The number of nitrogens with zero attached hydrogens (tertiary/aromatic N) is 9. The van der Waals surface area contributed by atoms with Crippen LogP contribution in [-0.4, -0.2) is 46.9 Å². The fraction of sp³-hybridized carbons (Fsp3) is 0.0146. The van der Waals surface area contributed by atoms with Gasteiger partial charge < -0.3 is 32.0 Å². The number of rotatable bonds is 13. The molecule has 12 heteroatoms. The van der Waals surface area contributed by atoms with Gasteiger partial charge in [-0.05, 0) is 233 Å². The van der Waals surface area contributed by atoms with Crippen LogP contribution in [-0.2, 0) is 0 Å². The fourth-order valence-corrected chi connectivity index (χ4v) is 25.3. The first-order valence-electron chi connectivity index (χ1n) is 50.9. The molecule has 0 bridgehead atoms. The smallest absolute Gasteiger partial charge is 0.263 e. The minimum atomic E-state index is -0.264. The van der Waals surface area contributed by atoms with E-state index in [9.17, 15) is 0 Å². The summed E-state index contributed by atoms with van der Waals surface area (Å²) in [6.45, 7) is 0. The second kappa shape index (κ2) is 32.5. The molecular formula is C137H85N9O3. The molecular weight excluding hydrogens is 1820 g/mol. The molecule has 1 aliphatic carbocycles. The van der Waals surface area contributed by atoms with Crippen molar-refractivity contribution in [3.05, 3.63) is 535 Å². The van der Waals surface area contributed by atoms with Crippen LogP contribution in [0.15, 0.2) is 507 Å². The highest BCUT2D eigenvalue weighted by atomic mass is 16.1. The predicted octanol–water partition coefficient (Wildman–Crippen LogP) is 33.2. The Kier molecular flexibility index (Phi) is 18.3. The van der Waals surface area contributed by atoms with E-state index in [4.69, 9.17) is 0 Å². The third-order valence-corrected chi connectivity index (χ3v) is 31.7. The predicted molar refractivity (Wildman–Crippen MR) is 614 cm³/mol. The van der Waals surface area contributed by atoms with Gasteiger partial charge in [0.2, 0.25) is 0 Å². The zero-order valence-corrected chi connectivity index (χ0v) is 80.4. The van der Waals surface area contributed by atoms with Crippen molar-refractivity contribution in [3.8, 4) is 95.8 Å².